The molecule has 5 heteroatoms. The fourth-order valence-electron chi connectivity index (χ4n) is 5.59. The average molecular weight is 593 g/mol. The second kappa shape index (κ2) is 15.2. The average Bonchev–Trinajstić information content (AvgIpc) is 3.72. The summed E-state index contributed by atoms with van der Waals surface area (Å²) in [6, 6.07) is 39.0. The number of rotatable bonds is 8. The van der Waals surface area contributed by atoms with Gasteiger partial charge in [0.1, 0.15) is 5.75 Å². The molecule has 0 spiro atoms. The largest absolute Gasteiger partial charge is 2.00 e. The zero-order valence-corrected chi connectivity index (χ0v) is 24.6. The van der Waals surface area contributed by atoms with Crippen LogP contribution >= 0.6 is 11.6 Å². The summed E-state index contributed by atoms with van der Waals surface area (Å²) < 4.78 is 0. The molecule has 0 saturated carbocycles. The van der Waals surface area contributed by atoms with Gasteiger partial charge < -0.3 is 10.0 Å². The predicted octanol–water partition coefficient (Wildman–Crippen LogP) is 8.05. The van der Waals surface area contributed by atoms with E-state index in [4.69, 9.17) is 11.6 Å². The van der Waals surface area contributed by atoms with Crippen LogP contribution in [0.5, 0.6) is 5.75 Å². The van der Waals surface area contributed by atoms with Crippen molar-refractivity contribution in [2.75, 3.05) is 32.7 Å². The van der Waals surface area contributed by atoms with Crippen LogP contribution < -0.4 is 0 Å². The van der Waals surface area contributed by atoms with E-state index >= 15 is 0 Å². The summed E-state index contributed by atoms with van der Waals surface area (Å²) in [5.41, 5.74) is 3.60. The molecule has 3 nitrogen and oxygen atoms in total. The molecule has 1 N–H and O–H groups in total. The second-order valence-electron chi connectivity index (χ2n) is 10.3. The minimum absolute atomic E-state index is 0. The Morgan fingerprint density at radius 1 is 0.800 bits per heavy atom. The minimum Gasteiger partial charge on any atom is -0.508 e. The van der Waals surface area contributed by atoms with E-state index in [-0.39, 0.29) is 23.1 Å². The smallest absolute Gasteiger partial charge is 0.508 e. The molecule has 0 radical (unpaired) electrons. The number of hydrogen-bond donors (Lipinski definition) is 1. The van der Waals surface area contributed by atoms with Crippen molar-refractivity contribution in [1.82, 2.24) is 9.80 Å². The summed E-state index contributed by atoms with van der Waals surface area (Å²) in [6.45, 7) is 5.19. The van der Waals surface area contributed by atoms with Crippen molar-refractivity contribution in [3.63, 3.8) is 0 Å². The maximum Gasteiger partial charge on any atom is 2.00 e. The van der Waals surface area contributed by atoms with Crippen molar-refractivity contribution in [2.45, 2.75) is 25.3 Å². The zero-order valence-electron chi connectivity index (χ0n) is 22.8. The summed E-state index contributed by atoms with van der Waals surface area (Å²) in [5, 5.41) is 14.0. The number of aryl methyl sites for hydroxylation is 1. The number of nitrogens with zero attached hydrogens (tertiary/aromatic N) is 2. The topological polar surface area (TPSA) is 26.7 Å². The first-order valence-corrected chi connectivity index (χ1v) is 14.4. The molecule has 1 atom stereocenters. The molecule has 5 aromatic carbocycles. The number of halogens is 1. The molecule has 1 aliphatic heterocycles. The van der Waals surface area contributed by atoms with Crippen LogP contribution in [0.3, 0.4) is 0 Å². The summed E-state index contributed by atoms with van der Waals surface area (Å²) in [7, 11) is 0. The third-order valence-electron chi connectivity index (χ3n) is 7.66. The van der Waals surface area contributed by atoms with Crippen molar-refractivity contribution < 1.29 is 22.2 Å². The standard InChI is InChI=1S/C30H32ClN2O.C5H5.Fe/c31-26-15-12-25(13-16-26)30(29-27-11-4-3-10-24(27)14-17-28(29)34)33-21-19-32(20-22-33)18-6-5-9-23-7-1-2-8-23;1-2-4-5-3-1;/h1-4,7-8,10-17,30,34H,5-6,9,18-22H2;1-5H;/q2*-1;+2. The number of unbranched alkanes of at least 4 members (excludes halogenated alkanes) is 1. The second-order valence-corrected chi connectivity index (χ2v) is 10.7. The van der Waals surface area contributed by atoms with E-state index in [1.807, 2.05) is 54.6 Å². The molecule has 40 heavy (non-hydrogen) atoms. The van der Waals surface area contributed by atoms with E-state index in [9.17, 15) is 5.11 Å². The third kappa shape index (κ3) is 7.87. The number of benzene rings is 3. The van der Waals surface area contributed by atoms with Gasteiger partial charge in [0, 0.05) is 36.8 Å². The first kappa shape index (κ1) is 30.1. The van der Waals surface area contributed by atoms with Crippen molar-refractivity contribution in [1.29, 1.82) is 0 Å². The minimum atomic E-state index is -0.0112. The quantitative estimate of drug-likeness (QED) is 0.112. The Labute approximate surface area is 254 Å². The van der Waals surface area contributed by atoms with Gasteiger partial charge >= 0.3 is 17.1 Å². The molecular formula is C35H37ClFeN2O. The van der Waals surface area contributed by atoms with Crippen molar-refractivity contribution in [2.24, 2.45) is 0 Å². The molecule has 208 valence electrons. The van der Waals surface area contributed by atoms with E-state index in [2.05, 4.69) is 70.5 Å². The normalized spacial score (nSPS) is 14.7. The van der Waals surface area contributed by atoms with Gasteiger partial charge in [-0.3, -0.25) is 4.90 Å². The van der Waals surface area contributed by atoms with Crippen LogP contribution in [-0.2, 0) is 23.5 Å². The summed E-state index contributed by atoms with van der Waals surface area (Å²) in [5.74, 6) is 0.355. The van der Waals surface area contributed by atoms with Crippen LogP contribution in [0, 0.1) is 0 Å². The third-order valence-corrected chi connectivity index (χ3v) is 7.91. The van der Waals surface area contributed by atoms with Gasteiger partial charge in [-0.25, -0.2) is 24.3 Å². The van der Waals surface area contributed by atoms with Crippen LogP contribution in [0.2, 0.25) is 5.02 Å². The fourth-order valence-corrected chi connectivity index (χ4v) is 5.71. The van der Waals surface area contributed by atoms with Gasteiger partial charge in [-0.05, 0) is 47.5 Å². The number of phenols is 1. The van der Waals surface area contributed by atoms with Crippen molar-refractivity contribution in [3.8, 4) is 5.75 Å². The Kier molecular flexibility index (Phi) is 11.5. The van der Waals surface area contributed by atoms with E-state index in [1.165, 1.54) is 30.4 Å². The maximum atomic E-state index is 11.0. The maximum absolute atomic E-state index is 11.0. The van der Waals surface area contributed by atoms with Crippen molar-refractivity contribution >= 4 is 22.4 Å². The summed E-state index contributed by atoms with van der Waals surface area (Å²) in [6.07, 6.45) is 3.64. The summed E-state index contributed by atoms with van der Waals surface area (Å²) >= 11 is 6.22. The Bertz CT molecular complexity index is 1370. The van der Waals surface area contributed by atoms with Crippen LogP contribution in [-0.4, -0.2) is 47.6 Å². The Hall–Kier alpha value is -2.85. The molecule has 1 aliphatic rings. The molecule has 1 heterocycles. The number of fused-ring (bicyclic) bond motifs is 1. The first-order chi connectivity index (χ1) is 19.2. The van der Waals surface area contributed by atoms with Gasteiger partial charge in [-0.2, -0.15) is 35.9 Å². The van der Waals surface area contributed by atoms with E-state index in [0.29, 0.717) is 5.75 Å². The number of phenolic OH excluding ortho intramolecular Hbond substituents is 1. The fraction of sp³-hybridized carbons (Fsp3) is 0.257. The molecular weight excluding hydrogens is 556 g/mol. The first-order valence-electron chi connectivity index (χ1n) is 14.0. The molecule has 1 unspecified atom stereocenters. The van der Waals surface area contributed by atoms with Gasteiger partial charge in [0.25, 0.3) is 0 Å². The molecule has 0 amide bonds. The Morgan fingerprint density at radius 2 is 1.50 bits per heavy atom. The van der Waals surface area contributed by atoms with Crippen LogP contribution in [0.25, 0.3) is 10.8 Å². The van der Waals surface area contributed by atoms with Gasteiger partial charge in [0.2, 0.25) is 0 Å². The SMILES string of the molecule is Oc1ccc2ccccc2c1C(c1ccc(Cl)cc1)N1CCN(CCCC[c-]2cccc2)CC1.[Fe+2].c1cc[cH-]c1. The van der Waals surface area contributed by atoms with Crippen molar-refractivity contribution in [3.05, 3.63) is 137 Å². The van der Waals surface area contributed by atoms with E-state index < -0.39 is 0 Å². The number of aromatic hydroxyl groups is 1. The predicted molar refractivity (Wildman–Crippen MR) is 164 cm³/mol. The van der Waals surface area contributed by atoms with E-state index in [1.54, 1.807) is 0 Å². The molecule has 0 aliphatic carbocycles. The molecule has 5 aromatic rings. The molecule has 6 rings (SSSR count). The van der Waals surface area contributed by atoms with Gasteiger partial charge in [-0.1, -0.05) is 66.9 Å². The molecule has 1 fully saturated rings. The van der Waals surface area contributed by atoms with Gasteiger partial charge in [0.15, 0.2) is 0 Å². The van der Waals surface area contributed by atoms with Gasteiger partial charge in [-0.15, -0.1) is 0 Å². The van der Waals surface area contributed by atoms with Gasteiger partial charge in [0.05, 0.1) is 6.04 Å². The van der Waals surface area contributed by atoms with Crippen LogP contribution in [0.1, 0.15) is 35.6 Å². The number of piperazine rings is 1. The Morgan fingerprint density at radius 3 is 2.17 bits per heavy atom. The van der Waals surface area contributed by atoms with Crippen LogP contribution in [0.15, 0.2) is 115 Å². The monoisotopic (exact) mass is 592 g/mol. The molecule has 0 aromatic heterocycles. The Balaban J connectivity index is 0.000000557. The van der Waals surface area contributed by atoms with E-state index in [0.717, 1.165) is 54.1 Å². The molecule has 1 saturated heterocycles. The zero-order chi connectivity index (χ0) is 26.9. The number of hydrogen-bond acceptors (Lipinski definition) is 3. The molecule has 0 bridgehead atoms. The van der Waals surface area contributed by atoms with Crippen LogP contribution in [0.4, 0.5) is 0 Å². The summed E-state index contributed by atoms with van der Waals surface area (Å²) in [4.78, 5) is 5.11.